The lowest BCUT2D eigenvalue weighted by molar-refractivity contribution is 0.0508. The Balaban J connectivity index is 2.01. The highest BCUT2D eigenvalue weighted by molar-refractivity contribution is 9.10. The number of hydrogen-bond donors (Lipinski definition) is 0. The summed E-state index contributed by atoms with van der Waals surface area (Å²) in [6, 6.07) is 7.48. The van der Waals surface area contributed by atoms with Crippen molar-refractivity contribution in [2.24, 2.45) is 11.1 Å². The third-order valence-electron chi connectivity index (χ3n) is 3.71. The smallest absolute Gasteiger partial charge is 0.313 e. The van der Waals surface area contributed by atoms with Crippen molar-refractivity contribution in [2.45, 2.75) is 26.3 Å². The van der Waals surface area contributed by atoms with Crippen LogP contribution in [0.2, 0.25) is 0 Å². The summed E-state index contributed by atoms with van der Waals surface area (Å²) in [4.78, 5) is 19.3. The van der Waals surface area contributed by atoms with Crippen LogP contribution in [0.25, 0.3) is 0 Å². The Labute approximate surface area is 127 Å². The molecule has 2 rings (SSSR count). The van der Waals surface area contributed by atoms with E-state index in [-0.39, 0.29) is 0 Å². The quantitative estimate of drug-likeness (QED) is 0.613. The molecule has 0 aliphatic carbocycles. The van der Waals surface area contributed by atoms with Crippen molar-refractivity contribution in [1.29, 1.82) is 0 Å². The van der Waals surface area contributed by atoms with Gasteiger partial charge in [0.25, 0.3) is 0 Å². The second kappa shape index (κ2) is 6.50. The molecule has 0 amide bonds. The zero-order chi connectivity index (χ0) is 14.7. The van der Waals surface area contributed by atoms with Gasteiger partial charge in [0.15, 0.2) is 0 Å². The van der Waals surface area contributed by atoms with Crippen molar-refractivity contribution < 1.29 is 9.63 Å². The van der Waals surface area contributed by atoms with Crippen LogP contribution in [-0.2, 0) is 4.84 Å². The molecule has 1 aromatic rings. The van der Waals surface area contributed by atoms with E-state index in [0.717, 1.165) is 23.1 Å². The van der Waals surface area contributed by atoms with Crippen LogP contribution >= 0.6 is 15.9 Å². The lowest BCUT2D eigenvalue weighted by atomic mass is 9.93. The molecule has 0 spiro atoms. The Hall–Kier alpha value is -1.20. The average Bonchev–Trinajstić information content (AvgIpc) is 2.42. The number of nitrogens with zero attached hydrogens (tertiary/aromatic N) is 2. The zero-order valence-corrected chi connectivity index (χ0v) is 13.6. The maximum atomic E-state index is 11.9. The topological polar surface area (TPSA) is 41.9 Å². The number of benzene rings is 1. The first-order valence-corrected chi connectivity index (χ1v) is 7.50. The Kier molecular flexibility index (Phi) is 4.94. The van der Waals surface area contributed by atoms with Gasteiger partial charge in [0.1, 0.15) is 0 Å². The van der Waals surface area contributed by atoms with Crippen molar-refractivity contribution in [2.75, 3.05) is 13.6 Å². The third-order valence-corrected chi connectivity index (χ3v) is 4.24. The van der Waals surface area contributed by atoms with Crippen molar-refractivity contribution >= 4 is 27.6 Å². The van der Waals surface area contributed by atoms with Gasteiger partial charge in [0.2, 0.25) is 0 Å². The summed E-state index contributed by atoms with van der Waals surface area (Å²) in [5.41, 5.74) is 1.47. The molecular weight excluding hydrogens is 320 g/mol. The molecule has 1 aliphatic rings. The van der Waals surface area contributed by atoms with Gasteiger partial charge in [0, 0.05) is 29.4 Å². The molecule has 0 bridgehead atoms. The van der Waals surface area contributed by atoms with E-state index >= 15 is 0 Å². The van der Waals surface area contributed by atoms with Gasteiger partial charge in [-0.3, -0.25) is 0 Å². The molecule has 20 heavy (non-hydrogen) atoms. The van der Waals surface area contributed by atoms with Crippen LogP contribution in [-0.4, -0.2) is 36.2 Å². The largest absolute Gasteiger partial charge is 0.365 e. The molecule has 1 aromatic carbocycles. The second-order valence-corrected chi connectivity index (χ2v) is 6.28. The molecule has 4 nitrogen and oxygen atoms in total. The van der Waals surface area contributed by atoms with E-state index in [1.165, 1.54) is 0 Å². The maximum absolute atomic E-state index is 11.9. The molecule has 0 aromatic heterocycles. The summed E-state index contributed by atoms with van der Waals surface area (Å²) in [6.45, 7) is 5.20. The van der Waals surface area contributed by atoms with Crippen LogP contribution in [0.5, 0.6) is 0 Å². The number of rotatable bonds is 2. The molecule has 1 heterocycles. The van der Waals surface area contributed by atoms with Crippen LogP contribution in [0, 0.1) is 5.92 Å². The number of piperidine rings is 1. The van der Waals surface area contributed by atoms with Gasteiger partial charge in [-0.2, -0.15) is 0 Å². The molecule has 0 saturated carbocycles. The summed E-state index contributed by atoms with van der Waals surface area (Å²) in [5, 5.41) is 4.08. The molecule has 2 atom stereocenters. The number of likely N-dealkylation sites (tertiary alicyclic amines) is 1. The second-order valence-electron chi connectivity index (χ2n) is 5.36. The van der Waals surface area contributed by atoms with Crippen molar-refractivity contribution in [3.63, 3.8) is 0 Å². The molecule has 1 saturated heterocycles. The van der Waals surface area contributed by atoms with Gasteiger partial charge in [-0.1, -0.05) is 28.0 Å². The first-order valence-electron chi connectivity index (χ1n) is 6.71. The highest BCUT2D eigenvalue weighted by Gasteiger charge is 2.26. The fourth-order valence-electron chi connectivity index (χ4n) is 2.24. The summed E-state index contributed by atoms with van der Waals surface area (Å²) in [5.74, 6) is -0.0994. The standard InChI is InChI=1S/C15H19BrN2O2/c1-10-9-18(3)11(2)8-14(10)17-20-15(19)12-4-6-13(16)7-5-12/h4-7,10-11H,8-9H2,1-3H3/b17-14+/t10-,11-/m1/s1. The normalized spacial score (nSPS) is 25.7. The van der Waals surface area contributed by atoms with Crippen molar-refractivity contribution in [3.8, 4) is 0 Å². The number of halogens is 1. The molecule has 0 radical (unpaired) electrons. The Morgan fingerprint density at radius 2 is 2.00 bits per heavy atom. The fraction of sp³-hybridized carbons (Fsp3) is 0.467. The third kappa shape index (κ3) is 3.67. The summed E-state index contributed by atoms with van der Waals surface area (Å²) in [7, 11) is 2.10. The number of carbonyl (C=O) groups excluding carboxylic acids is 1. The van der Waals surface area contributed by atoms with Crippen LogP contribution < -0.4 is 0 Å². The first kappa shape index (κ1) is 15.2. The summed E-state index contributed by atoms with van der Waals surface area (Å²) in [6.07, 6.45) is 0.839. The lowest BCUT2D eigenvalue weighted by Gasteiger charge is -2.34. The van der Waals surface area contributed by atoms with E-state index < -0.39 is 5.97 Å². The average molecular weight is 339 g/mol. The highest BCUT2D eigenvalue weighted by Crippen LogP contribution is 2.18. The van der Waals surface area contributed by atoms with Crippen molar-refractivity contribution in [3.05, 3.63) is 34.3 Å². The number of carbonyl (C=O) groups is 1. The molecule has 1 fully saturated rings. The number of oxime groups is 1. The molecule has 0 N–H and O–H groups in total. The van der Waals surface area contributed by atoms with Gasteiger partial charge < -0.3 is 9.74 Å². The predicted octanol–water partition coefficient (Wildman–Crippen LogP) is 3.32. The Morgan fingerprint density at radius 1 is 1.35 bits per heavy atom. The van der Waals surface area contributed by atoms with E-state index in [9.17, 15) is 4.79 Å². The van der Waals surface area contributed by atoms with Gasteiger partial charge in [-0.15, -0.1) is 0 Å². The van der Waals surface area contributed by atoms with E-state index in [2.05, 4.69) is 46.9 Å². The minimum atomic E-state index is -0.413. The van der Waals surface area contributed by atoms with Crippen LogP contribution in [0.3, 0.4) is 0 Å². The van der Waals surface area contributed by atoms with Gasteiger partial charge in [-0.25, -0.2) is 4.79 Å². The molecular formula is C15H19BrN2O2. The monoisotopic (exact) mass is 338 g/mol. The SMILES string of the molecule is C[C@@H]1CN(C)[C@H](C)C/C1=N\OC(=O)c1ccc(Br)cc1. The zero-order valence-electron chi connectivity index (χ0n) is 12.0. The molecule has 0 unspecified atom stereocenters. The van der Waals surface area contributed by atoms with Crippen molar-refractivity contribution in [1.82, 2.24) is 4.90 Å². The lowest BCUT2D eigenvalue weighted by Crippen LogP contribution is -2.43. The predicted molar refractivity (Wildman–Crippen MR) is 82.9 cm³/mol. The summed E-state index contributed by atoms with van der Waals surface area (Å²) >= 11 is 3.33. The van der Waals surface area contributed by atoms with E-state index in [0.29, 0.717) is 17.5 Å². The maximum Gasteiger partial charge on any atom is 0.365 e. The fourth-order valence-corrected chi connectivity index (χ4v) is 2.51. The van der Waals surface area contributed by atoms with Gasteiger partial charge >= 0.3 is 5.97 Å². The number of hydrogen-bond acceptors (Lipinski definition) is 4. The van der Waals surface area contributed by atoms with Gasteiger partial charge in [0.05, 0.1) is 11.3 Å². The minimum Gasteiger partial charge on any atom is -0.313 e. The Morgan fingerprint density at radius 3 is 2.65 bits per heavy atom. The minimum absolute atomic E-state index is 0.314. The Bertz CT molecular complexity index is 513. The van der Waals surface area contributed by atoms with Crippen LogP contribution in [0.1, 0.15) is 30.6 Å². The van der Waals surface area contributed by atoms with E-state index in [4.69, 9.17) is 4.84 Å². The van der Waals surface area contributed by atoms with Crippen LogP contribution in [0.15, 0.2) is 33.9 Å². The van der Waals surface area contributed by atoms with Gasteiger partial charge in [-0.05, 0) is 38.2 Å². The first-order chi connectivity index (χ1) is 9.47. The summed E-state index contributed by atoms with van der Waals surface area (Å²) < 4.78 is 0.929. The molecule has 108 valence electrons. The highest BCUT2D eigenvalue weighted by atomic mass is 79.9. The molecule has 1 aliphatic heterocycles. The van der Waals surface area contributed by atoms with E-state index in [1.807, 2.05) is 12.1 Å². The van der Waals surface area contributed by atoms with Crippen LogP contribution in [0.4, 0.5) is 0 Å². The molecule has 5 heteroatoms. The van der Waals surface area contributed by atoms with E-state index in [1.54, 1.807) is 12.1 Å².